The number of hydrogen-bond donors (Lipinski definition) is 1. The predicted octanol–water partition coefficient (Wildman–Crippen LogP) is 1.75. The summed E-state index contributed by atoms with van der Waals surface area (Å²) in [5.74, 6) is 0.929. The Labute approximate surface area is 79.9 Å². The molecule has 0 heterocycles. The van der Waals surface area contributed by atoms with E-state index >= 15 is 0 Å². The Bertz CT molecular complexity index is 259. The number of amides is 1. The molecule has 0 aliphatic heterocycles. The topological polar surface area (TPSA) is 43.1 Å². The van der Waals surface area contributed by atoms with Crippen molar-refractivity contribution >= 4 is 5.91 Å². The van der Waals surface area contributed by atoms with Crippen LogP contribution in [0.3, 0.4) is 0 Å². The molecular formula is C11H18NO. The van der Waals surface area contributed by atoms with Crippen LogP contribution in [0.4, 0.5) is 0 Å². The van der Waals surface area contributed by atoms with Crippen LogP contribution >= 0.6 is 0 Å². The molecule has 3 aliphatic rings. The Hall–Kier alpha value is -0.530. The summed E-state index contributed by atoms with van der Waals surface area (Å²) in [5.41, 5.74) is 5.42. The molecule has 0 aromatic rings. The van der Waals surface area contributed by atoms with Crippen molar-refractivity contribution in [2.24, 2.45) is 28.4 Å². The maximum absolute atomic E-state index is 11.5. The first kappa shape index (κ1) is 9.04. The molecule has 0 aromatic carbocycles. The van der Waals surface area contributed by atoms with E-state index < -0.39 is 0 Å². The largest absolute Gasteiger partial charge is 0.369 e. The van der Waals surface area contributed by atoms with Crippen LogP contribution in [0.5, 0.6) is 0 Å². The van der Waals surface area contributed by atoms with E-state index in [1.807, 2.05) is 0 Å². The molecule has 2 bridgehead atoms. The third-order valence-electron chi connectivity index (χ3n) is 4.73. The molecule has 0 aromatic heterocycles. The zero-order valence-electron chi connectivity index (χ0n) is 8.63. The molecule has 2 nitrogen and oxygen atoms in total. The predicted molar refractivity (Wildman–Crippen MR) is 51.6 cm³/mol. The number of fused-ring (bicyclic) bond motifs is 2. The van der Waals surface area contributed by atoms with Gasteiger partial charge in [0.25, 0.3) is 0 Å². The van der Waals surface area contributed by atoms with Gasteiger partial charge in [0.1, 0.15) is 0 Å². The Morgan fingerprint density at radius 3 is 2.46 bits per heavy atom. The van der Waals surface area contributed by atoms with Crippen LogP contribution in [-0.2, 0) is 4.79 Å². The summed E-state index contributed by atoms with van der Waals surface area (Å²) in [6, 6.07) is 0. The van der Waals surface area contributed by atoms with Gasteiger partial charge in [0.2, 0.25) is 5.91 Å². The lowest BCUT2D eigenvalue weighted by Gasteiger charge is -2.66. The van der Waals surface area contributed by atoms with Gasteiger partial charge in [0, 0.05) is 0 Å². The normalized spacial score (nSPS) is 46.7. The third kappa shape index (κ3) is 0.773. The van der Waals surface area contributed by atoms with Crippen LogP contribution < -0.4 is 5.73 Å². The van der Waals surface area contributed by atoms with Crippen LogP contribution in [0, 0.1) is 29.1 Å². The Kier molecular flexibility index (Phi) is 1.59. The number of carbonyl (C=O) groups is 1. The molecule has 3 aliphatic carbocycles. The highest BCUT2D eigenvalue weighted by atomic mass is 16.1. The average Bonchev–Trinajstić information content (AvgIpc) is 2.02. The average molecular weight is 180 g/mol. The second-order valence-electron chi connectivity index (χ2n) is 5.22. The zero-order chi connectivity index (χ0) is 9.85. The second-order valence-corrected chi connectivity index (χ2v) is 5.22. The molecule has 13 heavy (non-hydrogen) atoms. The maximum atomic E-state index is 11.5. The fraction of sp³-hybridized carbons (Fsp3) is 0.818. The fourth-order valence-electron chi connectivity index (χ4n) is 3.50. The van der Waals surface area contributed by atoms with Crippen molar-refractivity contribution in [1.82, 2.24) is 0 Å². The summed E-state index contributed by atoms with van der Waals surface area (Å²) in [4.78, 5) is 11.5. The van der Waals surface area contributed by atoms with Crippen molar-refractivity contribution in [2.75, 3.05) is 0 Å². The monoisotopic (exact) mass is 180 g/mol. The van der Waals surface area contributed by atoms with Gasteiger partial charge in [0.05, 0.1) is 5.41 Å². The highest BCUT2D eigenvalue weighted by molar-refractivity contribution is 5.84. The van der Waals surface area contributed by atoms with E-state index in [9.17, 15) is 4.79 Å². The van der Waals surface area contributed by atoms with Crippen molar-refractivity contribution in [1.29, 1.82) is 0 Å². The number of primary amides is 1. The SMILES string of the molecule is C[C@H]1[CH]CC2C[C@@]1(C(N)=O)C2(C)C. The summed E-state index contributed by atoms with van der Waals surface area (Å²) in [6.07, 6.45) is 4.43. The van der Waals surface area contributed by atoms with E-state index in [2.05, 4.69) is 27.2 Å². The lowest BCUT2D eigenvalue weighted by molar-refractivity contribution is -0.186. The molecule has 3 rings (SSSR count). The molecule has 1 unspecified atom stereocenters. The van der Waals surface area contributed by atoms with Crippen molar-refractivity contribution in [3.63, 3.8) is 0 Å². The minimum absolute atomic E-state index is 0.0998. The van der Waals surface area contributed by atoms with Crippen molar-refractivity contribution in [3.8, 4) is 0 Å². The Balaban J connectivity index is 2.39. The molecule has 1 radical (unpaired) electrons. The maximum Gasteiger partial charge on any atom is 0.224 e. The third-order valence-corrected chi connectivity index (χ3v) is 4.73. The molecule has 2 N–H and O–H groups in total. The smallest absolute Gasteiger partial charge is 0.224 e. The van der Waals surface area contributed by atoms with Gasteiger partial charge in [0.15, 0.2) is 0 Å². The van der Waals surface area contributed by atoms with Gasteiger partial charge in [-0.3, -0.25) is 4.79 Å². The van der Waals surface area contributed by atoms with Gasteiger partial charge in [-0.2, -0.15) is 0 Å². The van der Waals surface area contributed by atoms with E-state index in [4.69, 9.17) is 5.73 Å². The number of hydrogen-bond acceptors (Lipinski definition) is 1. The van der Waals surface area contributed by atoms with Gasteiger partial charge in [-0.05, 0) is 36.5 Å². The Morgan fingerprint density at radius 2 is 2.15 bits per heavy atom. The number of carbonyl (C=O) groups excluding carboxylic acids is 1. The molecule has 3 saturated carbocycles. The lowest BCUT2D eigenvalue weighted by atomic mass is 9.36. The first-order valence-corrected chi connectivity index (χ1v) is 5.06. The van der Waals surface area contributed by atoms with Crippen molar-refractivity contribution < 1.29 is 4.79 Å². The molecule has 2 heteroatoms. The summed E-state index contributed by atoms with van der Waals surface area (Å²) in [5, 5.41) is 0. The Morgan fingerprint density at radius 1 is 1.54 bits per heavy atom. The van der Waals surface area contributed by atoms with Crippen LogP contribution in [0.15, 0.2) is 0 Å². The standard InChI is InChI=1S/C11H18NO/c1-7-4-5-8-6-11(7,9(12)13)10(8,2)3/h4,7-8H,5-6H2,1-3H3,(H2,12,13)/t7-,8?,11+/m0/s1. The van der Waals surface area contributed by atoms with Gasteiger partial charge >= 0.3 is 0 Å². The van der Waals surface area contributed by atoms with E-state index in [1.165, 1.54) is 0 Å². The van der Waals surface area contributed by atoms with Crippen molar-refractivity contribution in [3.05, 3.63) is 6.42 Å². The summed E-state index contributed by atoms with van der Waals surface area (Å²) >= 11 is 0. The molecule has 0 spiro atoms. The second kappa shape index (κ2) is 2.28. The van der Waals surface area contributed by atoms with Crippen LogP contribution in [0.2, 0.25) is 0 Å². The molecule has 3 atom stereocenters. The minimum Gasteiger partial charge on any atom is -0.369 e. The van der Waals surface area contributed by atoms with E-state index in [0.717, 1.165) is 12.8 Å². The highest BCUT2D eigenvalue weighted by Crippen LogP contribution is 2.69. The molecule has 0 saturated heterocycles. The minimum atomic E-state index is -0.240. The van der Waals surface area contributed by atoms with E-state index in [-0.39, 0.29) is 16.7 Å². The van der Waals surface area contributed by atoms with E-state index in [0.29, 0.717) is 11.8 Å². The van der Waals surface area contributed by atoms with Gasteiger partial charge in [-0.1, -0.05) is 20.8 Å². The summed E-state index contributed by atoms with van der Waals surface area (Å²) < 4.78 is 0. The van der Waals surface area contributed by atoms with Gasteiger partial charge < -0.3 is 5.73 Å². The molecular weight excluding hydrogens is 162 g/mol. The summed E-state index contributed by atoms with van der Waals surface area (Å²) in [6.45, 7) is 6.51. The quantitative estimate of drug-likeness (QED) is 0.656. The molecule has 1 amide bonds. The van der Waals surface area contributed by atoms with Crippen LogP contribution in [0.25, 0.3) is 0 Å². The van der Waals surface area contributed by atoms with Gasteiger partial charge in [-0.15, -0.1) is 0 Å². The first-order valence-electron chi connectivity index (χ1n) is 5.06. The van der Waals surface area contributed by atoms with Crippen LogP contribution in [0.1, 0.15) is 33.6 Å². The zero-order valence-corrected chi connectivity index (χ0v) is 8.63. The van der Waals surface area contributed by atoms with Gasteiger partial charge in [-0.25, -0.2) is 0 Å². The molecule has 3 fully saturated rings. The number of rotatable bonds is 1. The molecule has 73 valence electrons. The van der Waals surface area contributed by atoms with Crippen molar-refractivity contribution in [2.45, 2.75) is 33.6 Å². The van der Waals surface area contributed by atoms with E-state index in [1.54, 1.807) is 0 Å². The fourth-order valence-corrected chi connectivity index (χ4v) is 3.50. The highest BCUT2D eigenvalue weighted by Gasteiger charge is 2.67. The number of nitrogens with two attached hydrogens (primary N) is 1. The summed E-state index contributed by atoms with van der Waals surface area (Å²) in [7, 11) is 0. The first-order chi connectivity index (χ1) is 5.93. The lowest BCUT2D eigenvalue weighted by Crippen LogP contribution is -2.67. The van der Waals surface area contributed by atoms with Crippen LogP contribution in [-0.4, -0.2) is 5.91 Å².